The quantitative estimate of drug-likeness (QED) is 0.538. The van der Waals surface area contributed by atoms with Gasteiger partial charge < -0.3 is 0 Å². The number of hydrogen-bond donors (Lipinski definition) is 0. The summed E-state index contributed by atoms with van der Waals surface area (Å²) in [5, 5.41) is 3.96. The van der Waals surface area contributed by atoms with Gasteiger partial charge in [-0.2, -0.15) is 19.2 Å². The second kappa shape index (κ2) is 5.37. The van der Waals surface area contributed by atoms with Crippen LogP contribution >= 0.6 is 0 Å². The molecule has 3 nitrogen and oxygen atoms in total. The van der Waals surface area contributed by atoms with Gasteiger partial charge in [0.25, 0.3) is 0 Å². The molecule has 1 aromatic carbocycles. The summed E-state index contributed by atoms with van der Waals surface area (Å²) >= 11 is 0. The number of hydrogen-bond acceptors (Lipinski definition) is 2. The van der Waals surface area contributed by atoms with Crippen molar-refractivity contribution in [3.8, 4) is 11.3 Å². The molecule has 0 bridgehead atoms. The van der Waals surface area contributed by atoms with Crippen LogP contribution in [0.5, 0.6) is 0 Å². The minimum Gasteiger partial charge on any atom is -0.283 e. The maximum absolute atomic E-state index is 12.7. The number of nitrogens with zero attached hydrogens (tertiary/aromatic N) is 3. The number of rotatable bonds is 1. The van der Waals surface area contributed by atoms with Gasteiger partial charge in [0, 0.05) is 26.6 Å². The molecule has 0 N–H and O–H groups in total. The van der Waals surface area contributed by atoms with Crippen molar-refractivity contribution in [2.45, 2.75) is 6.18 Å². The fourth-order valence-corrected chi connectivity index (χ4v) is 1.83. The molecule has 0 aliphatic rings. The molecular formula is C13H7F3N3W-. The Morgan fingerprint density at radius 3 is 2.70 bits per heavy atom. The van der Waals surface area contributed by atoms with Crippen molar-refractivity contribution in [2.75, 3.05) is 0 Å². The van der Waals surface area contributed by atoms with Crippen molar-refractivity contribution in [2.24, 2.45) is 0 Å². The molecule has 0 saturated carbocycles. The molecule has 0 aliphatic heterocycles. The number of halogens is 3. The zero-order valence-corrected chi connectivity index (χ0v) is 12.9. The van der Waals surface area contributed by atoms with E-state index < -0.39 is 11.7 Å². The van der Waals surface area contributed by atoms with E-state index in [2.05, 4.69) is 16.3 Å². The molecule has 102 valence electrons. The summed E-state index contributed by atoms with van der Waals surface area (Å²) in [4.78, 5) is 4.09. The van der Waals surface area contributed by atoms with Gasteiger partial charge in [-0.1, -0.05) is 12.1 Å². The molecule has 20 heavy (non-hydrogen) atoms. The summed E-state index contributed by atoms with van der Waals surface area (Å²) in [7, 11) is 0. The third kappa shape index (κ3) is 2.61. The van der Waals surface area contributed by atoms with Crippen LogP contribution in [0.4, 0.5) is 13.2 Å². The van der Waals surface area contributed by atoms with E-state index in [1.54, 1.807) is 18.2 Å². The molecular weight excluding hydrogens is 439 g/mol. The third-order valence-corrected chi connectivity index (χ3v) is 2.71. The smallest absolute Gasteiger partial charge is 0.283 e. The van der Waals surface area contributed by atoms with Crippen LogP contribution in [0.1, 0.15) is 5.56 Å². The van der Waals surface area contributed by atoms with Crippen molar-refractivity contribution < 1.29 is 34.2 Å². The fourth-order valence-electron chi connectivity index (χ4n) is 1.83. The Balaban J connectivity index is 0.00000147. The largest absolute Gasteiger partial charge is 0.416 e. The molecule has 3 rings (SSSR count). The Hall–Kier alpha value is -1.68. The standard InChI is InChI=1S/C13H7F3N3.W/c14-13(15,16)10-4-1-3-9(7-10)11-8-17-12-5-2-6-18-19(11)12;/h1-5,7-8H;/q-1;. The number of benzene rings is 1. The fraction of sp³-hybridized carbons (Fsp3) is 0.0769. The van der Waals surface area contributed by atoms with Crippen LogP contribution in [0.2, 0.25) is 0 Å². The summed E-state index contributed by atoms with van der Waals surface area (Å²) in [6.45, 7) is 0. The molecule has 3 aromatic rings. The molecule has 0 saturated heterocycles. The van der Waals surface area contributed by atoms with E-state index in [1.165, 1.54) is 16.8 Å². The molecule has 7 heteroatoms. The van der Waals surface area contributed by atoms with E-state index in [-0.39, 0.29) is 21.1 Å². The van der Waals surface area contributed by atoms with E-state index in [9.17, 15) is 13.2 Å². The first-order valence-electron chi connectivity index (χ1n) is 5.44. The first kappa shape index (κ1) is 14.7. The van der Waals surface area contributed by atoms with E-state index in [0.29, 0.717) is 16.9 Å². The van der Waals surface area contributed by atoms with Gasteiger partial charge in [-0.25, -0.2) is 10.6 Å². The van der Waals surface area contributed by atoms with Crippen molar-refractivity contribution >= 4 is 5.65 Å². The van der Waals surface area contributed by atoms with Gasteiger partial charge >= 0.3 is 6.18 Å². The SMILES string of the molecule is FC(F)(F)c1cccc(-c2cnc3cc[c-]nn23)c1.[W]. The summed E-state index contributed by atoms with van der Waals surface area (Å²) in [5.41, 5.74) is 0.776. The van der Waals surface area contributed by atoms with Crippen LogP contribution in [-0.2, 0) is 27.2 Å². The van der Waals surface area contributed by atoms with E-state index in [1.807, 2.05) is 0 Å². The monoisotopic (exact) mass is 446 g/mol. The number of fused-ring (bicyclic) bond motifs is 1. The predicted molar refractivity (Wildman–Crippen MR) is 62.3 cm³/mol. The first-order chi connectivity index (χ1) is 9.05. The van der Waals surface area contributed by atoms with E-state index in [0.717, 1.165) is 12.1 Å². The summed E-state index contributed by atoms with van der Waals surface area (Å²) in [6.07, 6.45) is -0.246. The zero-order valence-electron chi connectivity index (χ0n) is 9.93. The van der Waals surface area contributed by atoms with Crippen LogP contribution < -0.4 is 0 Å². The third-order valence-electron chi connectivity index (χ3n) is 2.71. The van der Waals surface area contributed by atoms with Crippen molar-refractivity contribution in [1.82, 2.24) is 14.6 Å². The Morgan fingerprint density at radius 1 is 1.15 bits per heavy atom. The maximum Gasteiger partial charge on any atom is 0.416 e. The predicted octanol–water partition coefficient (Wildman–Crippen LogP) is 3.21. The average molecular weight is 446 g/mol. The molecule has 0 atom stereocenters. The zero-order chi connectivity index (χ0) is 13.5. The first-order valence-corrected chi connectivity index (χ1v) is 5.44. The Labute approximate surface area is 126 Å². The van der Waals surface area contributed by atoms with Crippen molar-refractivity contribution in [3.05, 3.63) is 54.4 Å². The molecule has 0 spiro atoms. The van der Waals surface area contributed by atoms with E-state index in [4.69, 9.17) is 0 Å². The second-order valence-electron chi connectivity index (χ2n) is 3.95. The Morgan fingerprint density at radius 2 is 1.95 bits per heavy atom. The molecule has 0 aliphatic carbocycles. The van der Waals surface area contributed by atoms with Crippen molar-refractivity contribution in [1.29, 1.82) is 0 Å². The molecule has 2 aromatic heterocycles. The Bertz CT molecular complexity index is 737. The van der Waals surface area contributed by atoms with Gasteiger partial charge in [0.15, 0.2) is 0 Å². The van der Waals surface area contributed by atoms with Crippen LogP contribution in [0, 0.1) is 6.20 Å². The van der Waals surface area contributed by atoms with E-state index >= 15 is 0 Å². The number of alkyl halides is 3. The van der Waals surface area contributed by atoms with Crippen LogP contribution in [0.25, 0.3) is 16.9 Å². The summed E-state index contributed by atoms with van der Waals surface area (Å²) in [5.74, 6) is 0. The summed E-state index contributed by atoms with van der Waals surface area (Å²) in [6, 6.07) is 8.35. The topological polar surface area (TPSA) is 30.2 Å². The minimum atomic E-state index is -4.37. The van der Waals surface area contributed by atoms with Crippen LogP contribution in [0.3, 0.4) is 0 Å². The summed E-state index contributed by atoms with van der Waals surface area (Å²) < 4.78 is 39.5. The second-order valence-corrected chi connectivity index (χ2v) is 3.95. The maximum atomic E-state index is 12.7. The van der Waals surface area contributed by atoms with Gasteiger partial charge in [-0.05, 0) is 12.1 Å². The van der Waals surface area contributed by atoms with Gasteiger partial charge in [0.2, 0.25) is 0 Å². The normalized spacial score (nSPS) is 11.3. The molecule has 0 fully saturated rings. The number of imidazole rings is 1. The van der Waals surface area contributed by atoms with Gasteiger partial charge in [-0.3, -0.25) is 10.1 Å². The molecule has 0 unspecified atom stereocenters. The molecule has 0 radical (unpaired) electrons. The van der Waals surface area contributed by atoms with Crippen LogP contribution in [-0.4, -0.2) is 14.6 Å². The number of aromatic nitrogens is 3. The average Bonchev–Trinajstić information content (AvgIpc) is 2.82. The minimum absolute atomic E-state index is 0. The van der Waals surface area contributed by atoms with Crippen molar-refractivity contribution in [3.63, 3.8) is 0 Å². The van der Waals surface area contributed by atoms with Gasteiger partial charge in [0.05, 0.1) is 23.1 Å². The Kier molecular flexibility index (Phi) is 3.95. The van der Waals surface area contributed by atoms with Gasteiger partial charge in [0.1, 0.15) is 0 Å². The molecule has 0 amide bonds. The van der Waals surface area contributed by atoms with Crippen LogP contribution in [0.15, 0.2) is 42.6 Å². The van der Waals surface area contributed by atoms with Gasteiger partial charge in [-0.15, -0.1) is 6.20 Å². The molecule has 2 heterocycles.